The smallest absolute Gasteiger partial charge is 0.227 e. The van der Waals surface area contributed by atoms with Gasteiger partial charge in [0.15, 0.2) is 0 Å². The molecule has 4 nitrogen and oxygen atoms in total. The molecular formula is C14H16N2O2S. The lowest BCUT2D eigenvalue weighted by Gasteiger charge is -2.26. The fourth-order valence-electron chi connectivity index (χ4n) is 2.44. The highest BCUT2D eigenvalue weighted by atomic mass is 32.2. The minimum atomic E-state index is -0.738. The molecule has 1 aliphatic heterocycles. The van der Waals surface area contributed by atoms with Crippen molar-refractivity contribution < 1.29 is 9.00 Å². The highest BCUT2D eigenvalue weighted by Gasteiger charge is 2.20. The Hall–Kier alpha value is -1.62. The average molecular weight is 276 g/mol. The van der Waals surface area contributed by atoms with Crippen LogP contribution < -0.4 is 0 Å². The number of nitrogens with zero attached hydrogens (tertiary/aromatic N) is 1. The van der Waals surface area contributed by atoms with Crippen molar-refractivity contribution >= 4 is 27.6 Å². The lowest BCUT2D eigenvalue weighted by atomic mass is 10.1. The molecule has 1 N–H and O–H groups in total. The van der Waals surface area contributed by atoms with Gasteiger partial charge in [0.05, 0.1) is 6.42 Å². The fourth-order valence-corrected chi connectivity index (χ4v) is 3.49. The van der Waals surface area contributed by atoms with Gasteiger partial charge in [-0.1, -0.05) is 18.2 Å². The topological polar surface area (TPSA) is 53.2 Å². The summed E-state index contributed by atoms with van der Waals surface area (Å²) in [7, 11) is -0.738. The lowest BCUT2D eigenvalue weighted by molar-refractivity contribution is -0.130. The van der Waals surface area contributed by atoms with Crippen molar-refractivity contribution in [3.8, 4) is 0 Å². The molecule has 0 atom stereocenters. The van der Waals surface area contributed by atoms with Crippen molar-refractivity contribution in [2.24, 2.45) is 0 Å². The maximum Gasteiger partial charge on any atom is 0.227 e. The Morgan fingerprint density at radius 1 is 1.26 bits per heavy atom. The van der Waals surface area contributed by atoms with E-state index in [0.29, 0.717) is 31.0 Å². The van der Waals surface area contributed by atoms with Crippen LogP contribution in [0.5, 0.6) is 0 Å². The van der Waals surface area contributed by atoms with E-state index in [2.05, 4.69) is 4.98 Å². The van der Waals surface area contributed by atoms with Crippen LogP contribution in [0.1, 0.15) is 5.56 Å². The highest BCUT2D eigenvalue weighted by Crippen LogP contribution is 2.19. The highest BCUT2D eigenvalue weighted by molar-refractivity contribution is 7.85. The van der Waals surface area contributed by atoms with E-state index in [1.807, 2.05) is 35.4 Å². The fraction of sp³-hybridized carbons (Fsp3) is 0.357. The van der Waals surface area contributed by atoms with Crippen LogP contribution in [0.2, 0.25) is 0 Å². The monoisotopic (exact) mass is 276 g/mol. The predicted molar refractivity (Wildman–Crippen MR) is 76.5 cm³/mol. The number of nitrogens with one attached hydrogen (secondary N) is 1. The van der Waals surface area contributed by atoms with Gasteiger partial charge in [-0.25, -0.2) is 0 Å². The Bertz CT molecular complexity index is 625. The van der Waals surface area contributed by atoms with Gasteiger partial charge in [-0.3, -0.25) is 9.00 Å². The standard InChI is InChI=1S/C14H16N2O2S/c17-14(16-5-7-19(18)8-6-16)9-11-10-15-13-4-2-1-3-12(11)13/h1-4,10,15H,5-9H2. The van der Waals surface area contributed by atoms with E-state index in [4.69, 9.17) is 0 Å². The average Bonchev–Trinajstić information content (AvgIpc) is 2.83. The van der Waals surface area contributed by atoms with Crippen molar-refractivity contribution in [3.05, 3.63) is 36.0 Å². The molecular weight excluding hydrogens is 260 g/mol. The number of benzene rings is 1. The summed E-state index contributed by atoms with van der Waals surface area (Å²) >= 11 is 0. The van der Waals surface area contributed by atoms with Crippen molar-refractivity contribution in [1.82, 2.24) is 9.88 Å². The zero-order valence-electron chi connectivity index (χ0n) is 10.6. The van der Waals surface area contributed by atoms with Gasteiger partial charge >= 0.3 is 0 Å². The van der Waals surface area contributed by atoms with Crippen LogP contribution in [0.4, 0.5) is 0 Å². The van der Waals surface area contributed by atoms with Crippen molar-refractivity contribution in [2.45, 2.75) is 6.42 Å². The molecule has 0 saturated carbocycles. The van der Waals surface area contributed by atoms with Gasteiger partial charge in [0.25, 0.3) is 0 Å². The van der Waals surface area contributed by atoms with Crippen LogP contribution >= 0.6 is 0 Å². The summed E-state index contributed by atoms with van der Waals surface area (Å²) in [6, 6.07) is 7.99. The summed E-state index contributed by atoms with van der Waals surface area (Å²) in [5.74, 6) is 1.35. The van der Waals surface area contributed by atoms with Gasteiger partial charge in [0.1, 0.15) is 0 Å². The van der Waals surface area contributed by atoms with Crippen LogP contribution in [-0.4, -0.2) is 44.6 Å². The lowest BCUT2D eigenvalue weighted by Crippen LogP contribution is -2.42. The molecule has 100 valence electrons. The third kappa shape index (κ3) is 2.56. The Morgan fingerprint density at radius 2 is 2.00 bits per heavy atom. The number of aromatic amines is 1. The molecule has 19 heavy (non-hydrogen) atoms. The van der Waals surface area contributed by atoms with E-state index in [0.717, 1.165) is 16.5 Å². The molecule has 1 aromatic carbocycles. The normalized spacial score (nSPS) is 16.9. The second kappa shape index (κ2) is 5.17. The number of fused-ring (bicyclic) bond motifs is 1. The number of para-hydroxylation sites is 1. The van der Waals surface area contributed by atoms with Crippen LogP contribution in [0.15, 0.2) is 30.5 Å². The van der Waals surface area contributed by atoms with Crippen molar-refractivity contribution in [2.75, 3.05) is 24.6 Å². The van der Waals surface area contributed by atoms with Crippen LogP contribution in [0.3, 0.4) is 0 Å². The van der Waals surface area contributed by atoms with E-state index < -0.39 is 10.8 Å². The summed E-state index contributed by atoms with van der Waals surface area (Å²) in [6.07, 6.45) is 2.32. The molecule has 1 aromatic heterocycles. The summed E-state index contributed by atoms with van der Waals surface area (Å²) in [4.78, 5) is 17.2. The summed E-state index contributed by atoms with van der Waals surface area (Å²) in [5.41, 5.74) is 2.09. The Kier molecular flexibility index (Phi) is 3.38. The van der Waals surface area contributed by atoms with Crippen molar-refractivity contribution in [1.29, 1.82) is 0 Å². The number of aromatic nitrogens is 1. The molecule has 0 aliphatic carbocycles. The van der Waals surface area contributed by atoms with Crippen molar-refractivity contribution in [3.63, 3.8) is 0 Å². The zero-order valence-corrected chi connectivity index (χ0v) is 11.4. The van der Waals surface area contributed by atoms with Crippen LogP contribution in [0.25, 0.3) is 10.9 Å². The molecule has 0 bridgehead atoms. The van der Waals surface area contributed by atoms with Crippen LogP contribution in [0, 0.1) is 0 Å². The van der Waals surface area contributed by atoms with Gasteiger partial charge in [-0.05, 0) is 11.6 Å². The number of carbonyl (C=O) groups excluding carboxylic acids is 1. The first kappa shape index (κ1) is 12.4. The first-order valence-electron chi connectivity index (χ1n) is 6.42. The Balaban J connectivity index is 1.74. The van der Waals surface area contributed by atoms with Gasteiger partial charge in [0.2, 0.25) is 5.91 Å². The molecule has 2 heterocycles. The van der Waals surface area contributed by atoms with Gasteiger partial charge in [-0.15, -0.1) is 0 Å². The molecule has 1 aliphatic rings. The van der Waals surface area contributed by atoms with E-state index in [9.17, 15) is 9.00 Å². The number of hydrogen-bond acceptors (Lipinski definition) is 2. The number of carbonyl (C=O) groups is 1. The molecule has 2 aromatic rings. The number of amides is 1. The SMILES string of the molecule is O=C(Cc1c[nH]c2ccccc12)N1CCS(=O)CC1. The molecule has 5 heteroatoms. The second-order valence-corrected chi connectivity index (χ2v) is 6.46. The predicted octanol–water partition coefficient (Wildman–Crippen LogP) is 1.30. The van der Waals surface area contributed by atoms with E-state index in [1.54, 1.807) is 0 Å². The minimum absolute atomic E-state index is 0.126. The summed E-state index contributed by atoms with van der Waals surface area (Å²) in [6.45, 7) is 1.24. The Labute approximate surface area is 114 Å². The third-order valence-electron chi connectivity index (χ3n) is 3.55. The number of rotatable bonds is 2. The largest absolute Gasteiger partial charge is 0.361 e. The van der Waals surface area contributed by atoms with E-state index in [1.165, 1.54) is 0 Å². The third-order valence-corrected chi connectivity index (χ3v) is 4.82. The maximum atomic E-state index is 12.2. The van der Waals surface area contributed by atoms with Gasteiger partial charge < -0.3 is 9.88 Å². The van der Waals surface area contributed by atoms with Crippen LogP contribution in [-0.2, 0) is 22.0 Å². The molecule has 1 saturated heterocycles. The summed E-state index contributed by atoms with van der Waals surface area (Å²) < 4.78 is 11.3. The minimum Gasteiger partial charge on any atom is -0.361 e. The van der Waals surface area contributed by atoms with Gasteiger partial charge in [0, 0.05) is 52.5 Å². The molecule has 1 amide bonds. The first-order chi connectivity index (χ1) is 9.24. The molecule has 3 rings (SSSR count). The molecule has 0 radical (unpaired) electrons. The summed E-state index contributed by atoms with van der Waals surface area (Å²) in [5, 5.41) is 1.11. The number of hydrogen-bond donors (Lipinski definition) is 1. The van der Waals surface area contributed by atoms with E-state index in [-0.39, 0.29) is 5.91 Å². The molecule has 0 unspecified atom stereocenters. The second-order valence-electron chi connectivity index (χ2n) is 4.77. The Morgan fingerprint density at radius 3 is 2.79 bits per heavy atom. The molecule has 0 spiro atoms. The van der Waals surface area contributed by atoms with E-state index >= 15 is 0 Å². The zero-order chi connectivity index (χ0) is 13.2. The first-order valence-corrected chi connectivity index (χ1v) is 7.90. The maximum absolute atomic E-state index is 12.2. The number of H-pyrrole nitrogens is 1. The quantitative estimate of drug-likeness (QED) is 0.899. The van der Waals surface area contributed by atoms with Gasteiger partial charge in [-0.2, -0.15) is 0 Å². The molecule has 1 fully saturated rings.